The predicted octanol–water partition coefficient (Wildman–Crippen LogP) is 1.96. The molecule has 0 saturated carbocycles. The van der Waals surface area contributed by atoms with Gasteiger partial charge in [0.25, 0.3) is 0 Å². The molecule has 22 heavy (non-hydrogen) atoms. The Morgan fingerprint density at radius 2 is 2.05 bits per heavy atom. The van der Waals surface area contributed by atoms with Crippen LogP contribution >= 0.6 is 7.82 Å². The van der Waals surface area contributed by atoms with Crippen molar-refractivity contribution in [3.05, 3.63) is 47.6 Å². The van der Waals surface area contributed by atoms with E-state index >= 15 is 0 Å². The van der Waals surface area contributed by atoms with Gasteiger partial charge in [0.2, 0.25) is 0 Å². The van der Waals surface area contributed by atoms with Gasteiger partial charge in [-0.25, -0.2) is 4.99 Å². The summed E-state index contributed by atoms with van der Waals surface area (Å²) in [7, 11) is -4.87. The number of rotatable bonds is 2. The van der Waals surface area contributed by atoms with Crippen LogP contribution in [0.2, 0.25) is 0 Å². The number of benzene rings is 1. The van der Waals surface area contributed by atoms with E-state index in [1.807, 2.05) is 13.8 Å². The number of aliphatic imine (C=N–C) groups is 1. The molecular weight excluding hydrogens is 305 g/mol. The third kappa shape index (κ3) is 2.57. The Morgan fingerprint density at radius 1 is 1.32 bits per heavy atom. The van der Waals surface area contributed by atoms with E-state index in [1.165, 1.54) is 24.3 Å². The van der Waals surface area contributed by atoms with Crippen LogP contribution in [0, 0.1) is 0 Å². The third-order valence-corrected chi connectivity index (χ3v) is 4.19. The van der Waals surface area contributed by atoms with Gasteiger partial charge >= 0.3 is 7.82 Å². The van der Waals surface area contributed by atoms with Crippen molar-refractivity contribution in [1.29, 1.82) is 0 Å². The van der Waals surface area contributed by atoms with E-state index in [1.54, 1.807) is 12.1 Å². The molecule has 6 nitrogen and oxygen atoms in total. The van der Waals surface area contributed by atoms with Crippen LogP contribution in [-0.4, -0.2) is 16.4 Å². The lowest BCUT2D eigenvalue weighted by molar-refractivity contribution is -0.211. The van der Waals surface area contributed by atoms with Crippen molar-refractivity contribution >= 4 is 25.0 Å². The molecule has 7 heteroatoms. The molecule has 3 rings (SSSR count). The smallest absolute Gasteiger partial charge is 0.317 e. The van der Waals surface area contributed by atoms with E-state index in [4.69, 9.17) is 4.89 Å². The average molecular weight is 318 g/mol. The minimum Gasteiger partial charge on any atom is -0.746 e. The Hall–Kier alpha value is -2.01. The van der Waals surface area contributed by atoms with Crippen molar-refractivity contribution in [3.8, 4) is 5.75 Å². The maximum atomic E-state index is 11.6. The van der Waals surface area contributed by atoms with Gasteiger partial charge in [-0.3, -0.25) is 9.36 Å². The van der Waals surface area contributed by atoms with Gasteiger partial charge in [-0.05, 0) is 47.6 Å². The third-order valence-electron chi connectivity index (χ3n) is 3.74. The lowest BCUT2D eigenvalue weighted by Crippen LogP contribution is -2.30. The fourth-order valence-electron chi connectivity index (χ4n) is 2.69. The Kier molecular flexibility index (Phi) is 3.22. The van der Waals surface area contributed by atoms with Gasteiger partial charge < -0.3 is 14.3 Å². The summed E-state index contributed by atoms with van der Waals surface area (Å²) in [5, 5.41) is 0. The van der Waals surface area contributed by atoms with E-state index < -0.39 is 13.2 Å². The van der Waals surface area contributed by atoms with Crippen molar-refractivity contribution < 1.29 is 23.7 Å². The largest absolute Gasteiger partial charge is 0.746 e. The highest BCUT2D eigenvalue weighted by Crippen LogP contribution is 2.46. The predicted molar refractivity (Wildman–Crippen MR) is 79.2 cm³/mol. The number of allylic oxidation sites excluding steroid dienone is 4. The number of ketones is 1. The van der Waals surface area contributed by atoms with Crippen molar-refractivity contribution in [3.63, 3.8) is 0 Å². The quantitative estimate of drug-likeness (QED) is 0.664. The Balaban J connectivity index is 2.14. The summed E-state index contributed by atoms with van der Waals surface area (Å²) in [6.07, 6.45) is 4.66. The van der Waals surface area contributed by atoms with Gasteiger partial charge in [0.1, 0.15) is 5.75 Å². The SMILES string of the molecule is CC1(C)C2=CC(=O)C=CC2=Nc2ccc(OP(=O)([O-])O)cc21. The molecule has 1 aliphatic heterocycles. The number of hydrogen-bond acceptors (Lipinski definition) is 5. The molecule has 0 aromatic heterocycles. The molecule has 1 N–H and O–H groups in total. The van der Waals surface area contributed by atoms with Crippen LogP contribution < -0.4 is 9.42 Å². The first kappa shape index (κ1) is 14.9. The van der Waals surface area contributed by atoms with E-state index in [0.29, 0.717) is 11.4 Å². The van der Waals surface area contributed by atoms with Gasteiger partial charge in [-0.15, -0.1) is 0 Å². The number of phosphoric acid groups is 1. The molecule has 1 aliphatic carbocycles. The van der Waals surface area contributed by atoms with Crippen molar-refractivity contribution in [2.45, 2.75) is 19.3 Å². The van der Waals surface area contributed by atoms with E-state index in [2.05, 4.69) is 9.52 Å². The molecule has 1 aromatic carbocycles. The zero-order valence-electron chi connectivity index (χ0n) is 11.9. The van der Waals surface area contributed by atoms with Gasteiger partial charge in [0.05, 0.1) is 11.4 Å². The molecule has 1 unspecified atom stereocenters. The summed E-state index contributed by atoms with van der Waals surface area (Å²) >= 11 is 0. The summed E-state index contributed by atoms with van der Waals surface area (Å²) in [5.74, 6) is -0.109. The number of carbonyl (C=O) groups excluding carboxylic acids is 1. The molecular formula is C15H13NO5P-. The first-order chi connectivity index (χ1) is 10.2. The lowest BCUT2D eigenvalue weighted by Gasteiger charge is -2.35. The number of carbonyl (C=O) groups is 1. The fraction of sp³-hybridized carbons (Fsp3) is 0.200. The van der Waals surface area contributed by atoms with Crippen LogP contribution in [0.5, 0.6) is 5.75 Å². The summed E-state index contributed by atoms with van der Waals surface area (Å²) in [6, 6.07) is 4.56. The van der Waals surface area contributed by atoms with Crippen LogP contribution in [0.3, 0.4) is 0 Å². The van der Waals surface area contributed by atoms with Crippen LogP contribution in [-0.2, 0) is 14.8 Å². The maximum absolute atomic E-state index is 11.6. The Bertz CT molecular complexity index is 813. The molecule has 114 valence electrons. The molecule has 0 spiro atoms. The summed E-state index contributed by atoms with van der Waals surface area (Å²) in [5.41, 5.74) is 2.31. The first-order valence-corrected chi connectivity index (χ1v) is 8.07. The molecule has 0 amide bonds. The number of phosphoric ester groups is 1. The minimum atomic E-state index is -4.87. The molecule has 1 heterocycles. The van der Waals surface area contributed by atoms with Crippen LogP contribution in [0.15, 0.2) is 47.0 Å². The van der Waals surface area contributed by atoms with Crippen LogP contribution in [0.1, 0.15) is 19.4 Å². The summed E-state index contributed by atoms with van der Waals surface area (Å²) < 4.78 is 15.4. The Morgan fingerprint density at radius 3 is 2.73 bits per heavy atom. The van der Waals surface area contributed by atoms with Gasteiger partial charge in [0, 0.05) is 5.41 Å². The molecule has 0 saturated heterocycles. The average Bonchev–Trinajstić information content (AvgIpc) is 2.39. The number of nitrogens with zero attached hydrogens (tertiary/aromatic N) is 1. The summed E-state index contributed by atoms with van der Waals surface area (Å²) in [6.45, 7) is 3.83. The maximum Gasteiger partial charge on any atom is 0.317 e. The Labute approximate surface area is 127 Å². The normalized spacial score (nSPS) is 21.2. The second-order valence-electron chi connectivity index (χ2n) is 5.65. The zero-order chi connectivity index (χ0) is 16.1. The monoisotopic (exact) mass is 318 g/mol. The topological polar surface area (TPSA) is 99.0 Å². The number of fused-ring (bicyclic) bond motifs is 2. The van der Waals surface area contributed by atoms with Gasteiger partial charge in [-0.2, -0.15) is 0 Å². The van der Waals surface area contributed by atoms with Crippen molar-refractivity contribution in [2.75, 3.05) is 0 Å². The van der Waals surface area contributed by atoms with Gasteiger partial charge in [0.15, 0.2) is 5.78 Å². The van der Waals surface area contributed by atoms with Crippen LogP contribution in [0.4, 0.5) is 5.69 Å². The molecule has 0 radical (unpaired) electrons. The lowest BCUT2D eigenvalue weighted by atomic mass is 9.71. The van der Waals surface area contributed by atoms with E-state index in [-0.39, 0.29) is 11.5 Å². The van der Waals surface area contributed by atoms with E-state index in [9.17, 15) is 14.3 Å². The minimum absolute atomic E-state index is 0.00425. The fourth-order valence-corrected chi connectivity index (χ4v) is 3.07. The molecule has 1 aromatic rings. The summed E-state index contributed by atoms with van der Waals surface area (Å²) in [4.78, 5) is 35.8. The van der Waals surface area contributed by atoms with Crippen molar-refractivity contribution in [2.24, 2.45) is 4.99 Å². The molecule has 1 atom stereocenters. The first-order valence-electron chi connectivity index (χ1n) is 6.58. The van der Waals surface area contributed by atoms with Crippen LogP contribution in [0.25, 0.3) is 0 Å². The second kappa shape index (κ2) is 4.74. The highest BCUT2D eigenvalue weighted by molar-refractivity contribution is 7.45. The molecule has 0 bridgehead atoms. The molecule has 0 fully saturated rings. The zero-order valence-corrected chi connectivity index (χ0v) is 12.8. The highest BCUT2D eigenvalue weighted by Gasteiger charge is 2.36. The van der Waals surface area contributed by atoms with E-state index in [0.717, 1.165) is 11.1 Å². The molecule has 2 aliphatic rings. The standard InChI is InChI=1S/C15H14NO5P/c1-15(2)11-7-9(17)3-5-13(11)16-14-6-4-10(8-12(14)15)21-22(18,19)20/h3-8H,1-2H3,(H2,18,19,20)/p-1. The highest BCUT2D eigenvalue weighted by atomic mass is 31.2. The number of hydrogen-bond donors (Lipinski definition) is 1. The second-order valence-corrected chi connectivity index (χ2v) is 6.77. The van der Waals surface area contributed by atoms with Crippen molar-refractivity contribution in [1.82, 2.24) is 0 Å². The van der Waals surface area contributed by atoms with Gasteiger partial charge in [-0.1, -0.05) is 13.8 Å².